The van der Waals surface area contributed by atoms with Gasteiger partial charge in [-0.2, -0.15) is 0 Å². The van der Waals surface area contributed by atoms with E-state index in [1.807, 2.05) is 13.8 Å². The van der Waals surface area contributed by atoms with E-state index in [1.165, 1.54) is 0 Å². The number of rotatable bonds is 7. The molecule has 1 aliphatic heterocycles. The lowest BCUT2D eigenvalue weighted by Crippen LogP contribution is -2.55. The van der Waals surface area contributed by atoms with Gasteiger partial charge in [0.1, 0.15) is 11.8 Å². The molecule has 0 aromatic rings. The molecule has 1 fully saturated rings. The number of hydrogen-bond acceptors (Lipinski definition) is 4. The SMILES string of the molecule is CC(=O)CCCCN1CCOCC1C(=O)NC(C)C. The maximum absolute atomic E-state index is 12.1. The van der Waals surface area contributed by atoms with Gasteiger partial charge in [-0.15, -0.1) is 0 Å². The number of nitrogens with one attached hydrogen (secondary N) is 1. The first-order chi connectivity index (χ1) is 9.00. The zero-order valence-electron chi connectivity index (χ0n) is 12.3. The summed E-state index contributed by atoms with van der Waals surface area (Å²) in [5, 5.41) is 2.94. The van der Waals surface area contributed by atoms with Crippen LogP contribution in [-0.4, -0.2) is 55.0 Å². The highest BCUT2D eigenvalue weighted by molar-refractivity contribution is 5.82. The van der Waals surface area contributed by atoms with Gasteiger partial charge in [0, 0.05) is 19.0 Å². The Labute approximate surface area is 115 Å². The summed E-state index contributed by atoms with van der Waals surface area (Å²) in [6.07, 6.45) is 2.48. The number of amides is 1. The van der Waals surface area contributed by atoms with E-state index in [2.05, 4.69) is 10.2 Å². The Morgan fingerprint density at radius 2 is 2.11 bits per heavy atom. The molecule has 1 rings (SSSR count). The number of morpholine rings is 1. The van der Waals surface area contributed by atoms with Crippen LogP contribution in [0.2, 0.25) is 0 Å². The van der Waals surface area contributed by atoms with Crippen molar-refractivity contribution in [2.75, 3.05) is 26.3 Å². The van der Waals surface area contributed by atoms with Crippen molar-refractivity contribution in [3.8, 4) is 0 Å². The van der Waals surface area contributed by atoms with Gasteiger partial charge in [0.2, 0.25) is 5.91 Å². The molecular weight excluding hydrogens is 244 g/mol. The molecule has 0 aromatic heterocycles. The van der Waals surface area contributed by atoms with Crippen LogP contribution >= 0.6 is 0 Å². The molecule has 1 amide bonds. The van der Waals surface area contributed by atoms with E-state index in [4.69, 9.17) is 4.74 Å². The van der Waals surface area contributed by atoms with Crippen molar-refractivity contribution in [1.29, 1.82) is 0 Å². The minimum atomic E-state index is -0.187. The zero-order chi connectivity index (χ0) is 14.3. The average Bonchev–Trinajstić information content (AvgIpc) is 2.34. The summed E-state index contributed by atoms with van der Waals surface area (Å²) in [4.78, 5) is 25.1. The summed E-state index contributed by atoms with van der Waals surface area (Å²) in [5.74, 6) is 0.275. The first-order valence-corrected chi connectivity index (χ1v) is 7.12. The molecule has 1 heterocycles. The van der Waals surface area contributed by atoms with Gasteiger partial charge in [-0.3, -0.25) is 9.69 Å². The Morgan fingerprint density at radius 1 is 1.37 bits per heavy atom. The Hall–Kier alpha value is -0.940. The van der Waals surface area contributed by atoms with E-state index in [0.29, 0.717) is 19.6 Å². The molecule has 0 radical (unpaired) electrons. The van der Waals surface area contributed by atoms with Crippen molar-refractivity contribution in [3.63, 3.8) is 0 Å². The van der Waals surface area contributed by atoms with E-state index in [-0.39, 0.29) is 23.8 Å². The van der Waals surface area contributed by atoms with Crippen LogP contribution in [0.5, 0.6) is 0 Å². The molecule has 1 aliphatic rings. The van der Waals surface area contributed by atoms with Crippen molar-refractivity contribution in [1.82, 2.24) is 10.2 Å². The van der Waals surface area contributed by atoms with E-state index in [9.17, 15) is 9.59 Å². The van der Waals surface area contributed by atoms with E-state index >= 15 is 0 Å². The van der Waals surface area contributed by atoms with Gasteiger partial charge in [0.15, 0.2) is 0 Å². The minimum Gasteiger partial charge on any atom is -0.378 e. The Morgan fingerprint density at radius 3 is 2.74 bits per heavy atom. The van der Waals surface area contributed by atoms with Crippen LogP contribution in [-0.2, 0) is 14.3 Å². The van der Waals surface area contributed by atoms with Gasteiger partial charge >= 0.3 is 0 Å². The van der Waals surface area contributed by atoms with Crippen LogP contribution < -0.4 is 5.32 Å². The predicted molar refractivity (Wildman–Crippen MR) is 74.0 cm³/mol. The molecule has 0 aliphatic carbocycles. The summed E-state index contributed by atoms with van der Waals surface area (Å²) in [6, 6.07) is -0.0394. The van der Waals surface area contributed by atoms with Crippen LogP contribution in [0.25, 0.3) is 0 Å². The van der Waals surface area contributed by atoms with Crippen molar-refractivity contribution >= 4 is 11.7 Å². The molecule has 0 bridgehead atoms. The van der Waals surface area contributed by atoms with Gasteiger partial charge < -0.3 is 14.8 Å². The van der Waals surface area contributed by atoms with Gasteiger partial charge in [-0.25, -0.2) is 0 Å². The fraction of sp³-hybridized carbons (Fsp3) is 0.857. The number of carbonyl (C=O) groups is 2. The quantitative estimate of drug-likeness (QED) is 0.700. The van der Waals surface area contributed by atoms with Gasteiger partial charge in [0.05, 0.1) is 13.2 Å². The number of ether oxygens (including phenoxy) is 1. The third kappa shape index (κ3) is 6.16. The highest BCUT2D eigenvalue weighted by atomic mass is 16.5. The molecule has 1 N–H and O–H groups in total. The molecule has 19 heavy (non-hydrogen) atoms. The topological polar surface area (TPSA) is 58.6 Å². The van der Waals surface area contributed by atoms with E-state index in [0.717, 1.165) is 25.9 Å². The second-order valence-electron chi connectivity index (χ2n) is 5.45. The summed E-state index contributed by atoms with van der Waals surface area (Å²) in [7, 11) is 0. The molecule has 1 atom stereocenters. The average molecular weight is 270 g/mol. The fourth-order valence-corrected chi connectivity index (χ4v) is 2.22. The van der Waals surface area contributed by atoms with Crippen LogP contribution in [0.1, 0.15) is 40.0 Å². The third-order valence-electron chi connectivity index (χ3n) is 3.20. The molecule has 110 valence electrons. The Kier molecular flexibility index (Phi) is 7.02. The first-order valence-electron chi connectivity index (χ1n) is 7.12. The van der Waals surface area contributed by atoms with Crippen molar-refractivity contribution < 1.29 is 14.3 Å². The van der Waals surface area contributed by atoms with Gasteiger partial charge in [-0.1, -0.05) is 0 Å². The maximum atomic E-state index is 12.1. The van der Waals surface area contributed by atoms with E-state index < -0.39 is 0 Å². The van der Waals surface area contributed by atoms with Crippen molar-refractivity contribution in [2.24, 2.45) is 0 Å². The molecule has 0 saturated carbocycles. The van der Waals surface area contributed by atoms with Crippen LogP contribution in [0.4, 0.5) is 0 Å². The van der Waals surface area contributed by atoms with Crippen molar-refractivity contribution in [2.45, 2.75) is 52.1 Å². The molecule has 0 spiro atoms. The van der Waals surface area contributed by atoms with Gasteiger partial charge in [-0.05, 0) is 40.2 Å². The highest BCUT2D eigenvalue weighted by Crippen LogP contribution is 2.10. The van der Waals surface area contributed by atoms with E-state index in [1.54, 1.807) is 6.92 Å². The summed E-state index contributed by atoms with van der Waals surface area (Å²) >= 11 is 0. The summed E-state index contributed by atoms with van der Waals surface area (Å²) in [5.41, 5.74) is 0. The smallest absolute Gasteiger partial charge is 0.239 e. The molecule has 5 heteroatoms. The second kappa shape index (κ2) is 8.27. The Balaban J connectivity index is 2.39. The lowest BCUT2D eigenvalue weighted by atomic mass is 10.1. The third-order valence-corrected chi connectivity index (χ3v) is 3.20. The number of unbranched alkanes of at least 4 members (excludes halogenated alkanes) is 1. The monoisotopic (exact) mass is 270 g/mol. The molecular formula is C14H26N2O3. The lowest BCUT2D eigenvalue weighted by Gasteiger charge is -2.34. The minimum absolute atomic E-state index is 0.0428. The molecule has 0 aromatic carbocycles. The molecule has 1 unspecified atom stereocenters. The zero-order valence-corrected chi connectivity index (χ0v) is 12.3. The number of hydrogen-bond donors (Lipinski definition) is 1. The standard InChI is InChI=1S/C14H26N2O3/c1-11(2)15-14(18)13-10-19-9-8-16(13)7-5-4-6-12(3)17/h11,13H,4-10H2,1-3H3,(H,15,18). The Bertz CT molecular complexity index is 305. The first kappa shape index (κ1) is 16.1. The summed E-state index contributed by atoms with van der Waals surface area (Å²) < 4.78 is 5.40. The molecule has 5 nitrogen and oxygen atoms in total. The summed E-state index contributed by atoms with van der Waals surface area (Å²) in [6.45, 7) is 8.32. The number of Topliss-reactive ketones (excluding diaryl/α,β-unsaturated/α-hetero) is 1. The van der Waals surface area contributed by atoms with Crippen LogP contribution in [0.3, 0.4) is 0 Å². The predicted octanol–water partition coefficient (Wildman–Crippen LogP) is 0.971. The van der Waals surface area contributed by atoms with Crippen molar-refractivity contribution in [3.05, 3.63) is 0 Å². The number of carbonyl (C=O) groups excluding carboxylic acids is 2. The van der Waals surface area contributed by atoms with Gasteiger partial charge in [0.25, 0.3) is 0 Å². The second-order valence-corrected chi connectivity index (χ2v) is 5.45. The molecule has 1 saturated heterocycles. The maximum Gasteiger partial charge on any atom is 0.239 e. The van der Waals surface area contributed by atoms with Crippen LogP contribution in [0, 0.1) is 0 Å². The normalized spacial score (nSPS) is 20.5. The lowest BCUT2D eigenvalue weighted by molar-refractivity contribution is -0.133. The largest absolute Gasteiger partial charge is 0.378 e. The highest BCUT2D eigenvalue weighted by Gasteiger charge is 2.29. The number of ketones is 1. The fourth-order valence-electron chi connectivity index (χ4n) is 2.22. The van der Waals surface area contributed by atoms with Crippen LogP contribution in [0.15, 0.2) is 0 Å². The number of nitrogens with zero attached hydrogens (tertiary/aromatic N) is 1.